The van der Waals surface area contributed by atoms with Gasteiger partial charge in [-0.25, -0.2) is 0 Å². The summed E-state index contributed by atoms with van der Waals surface area (Å²) in [6, 6.07) is 11.9. The van der Waals surface area contributed by atoms with Gasteiger partial charge in [0, 0.05) is 42.7 Å². The van der Waals surface area contributed by atoms with Crippen LogP contribution in [-0.2, 0) is 9.53 Å². The van der Waals surface area contributed by atoms with Gasteiger partial charge in [0.1, 0.15) is 5.75 Å². The molecular formula is C26H29N5O5S. The first kappa shape index (κ1) is 26.1. The number of carbonyl (C=O) groups is 1. The number of hydrogen-bond donors (Lipinski definition) is 1. The molecule has 0 radical (unpaired) electrons. The quantitative estimate of drug-likeness (QED) is 0.190. The predicted octanol–water partition coefficient (Wildman–Crippen LogP) is 4.33. The second-order valence-corrected chi connectivity index (χ2v) is 9.16. The van der Waals surface area contributed by atoms with Crippen molar-refractivity contribution in [3.63, 3.8) is 0 Å². The summed E-state index contributed by atoms with van der Waals surface area (Å²) in [6.07, 6.45) is 2.59. The van der Waals surface area contributed by atoms with Crippen LogP contribution in [0.2, 0.25) is 0 Å². The number of nitro benzene ring substituents is 1. The molecule has 0 amide bonds. The lowest BCUT2D eigenvalue weighted by atomic mass is 9.96. The maximum atomic E-state index is 11.7. The summed E-state index contributed by atoms with van der Waals surface area (Å²) in [5.74, 6) is 0.252. The standard InChI is InChI=1S/C26H29N5O5S/c1-16-14-19(17(2)30(16)21-15-18(31(33)34)10-11-22(21)35-3)25-24(20-8-5-6-12-27-20)28-26(37)29(25)13-7-9-23(32)36-4/h5-6,8,10-12,14-15,24-25H,7,9,13H2,1-4H3,(H,28,37). The number of methoxy groups -OCH3 is 2. The lowest BCUT2D eigenvalue weighted by Gasteiger charge is -2.28. The Bertz CT molecular complexity index is 1330. The van der Waals surface area contributed by atoms with Crippen LogP contribution in [0.4, 0.5) is 5.69 Å². The number of aromatic nitrogens is 2. The van der Waals surface area contributed by atoms with E-state index in [0.29, 0.717) is 29.5 Å². The third-order valence-corrected chi connectivity index (χ3v) is 6.96. The molecule has 1 aromatic carbocycles. The molecule has 1 aliphatic rings. The molecule has 11 heteroatoms. The number of esters is 1. The molecule has 1 aliphatic heterocycles. The summed E-state index contributed by atoms with van der Waals surface area (Å²) in [5.41, 5.74) is 4.17. The third-order valence-electron chi connectivity index (χ3n) is 6.61. The number of nitrogens with zero attached hydrogens (tertiary/aromatic N) is 4. The van der Waals surface area contributed by atoms with Crippen LogP contribution in [0, 0.1) is 24.0 Å². The van der Waals surface area contributed by atoms with Gasteiger partial charge in [-0.15, -0.1) is 0 Å². The molecule has 3 heterocycles. The van der Waals surface area contributed by atoms with Gasteiger partial charge in [-0.05, 0) is 62.3 Å². The van der Waals surface area contributed by atoms with Crippen LogP contribution in [0.1, 0.15) is 47.6 Å². The molecule has 37 heavy (non-hydrogen) atoms. The lowest BCUT2D eigenvalue weighted by Crippen LogP contribution is -2.31. The molecule has 3 aromatic rings. The Morgan fingerprint density at radius 3 is 2.65 bits per heavy atom. The zero-order valence-corrected chi connectivity index (χ0v) is 21.9. The van der Waals surface area contributed by atoms with Gasteiger partial charge in [0.2, 0.25) is 0 Å². The average Bonchev–Trinajstić information content (AvgIpc) is 3.38. The number of nitro groups is 1. The van der Waals surface area contributed by atoms with E-state index in [1.54, 1.807) is 19.4 Å². The van der Waals surface area contributed by atoms with Crippen LogP contribution in [0.5, 0.6) is 5.75 Å². The highest BCUT2D eigenvalue weighted by Crippen LogP contribution is 2.42. The minimum atomic E-state index is -0.419. The monoisotopic (exact) mass is 523 g/mol. The number of thiocarbonyl (C=S) groups is 1. The Labute approximate surface area is 220 Å². The van der Waals surface area contributed by atoms with E-state index in [0.717, 1.165) is 22.6 Å². The number of carbonyl (C=O) groups excluding carboxylic acids is 1. The van der Waals surface area contributed by atoms with Crippen LogP contribution in [0.3, 0.4) is 0 Å². The molecule has 194 valence electrons. The maximum Gasteiger partial charge on any atom is 0.305 e. The SMILES string of the molecule is COC(=O)CCCN1C(=S)NC(c2ccccn2)C1c1cc(C)n(-c2cc([N+](=O)[O-])ccc2OC)c1C. The largest absolute Gasteiger partial charge is 0.495 e. The Kier molecular flexibility index (Phi) is 7.72. The molecular weight excluding hydrogens is 494 g/mol. The molecule has 4 rings (SSSR count). The zero-order chi connectivity index (χ0) is 26.7. The van der Waals surface area contributed by atoms with Crippen molar-refractivity contribution in [1.29, 1.82) is 0 Å². The van der Waals surface area contributed by atoms with Crippen molar-refractivity contribution in [3.8, 4) is 11.4 Å². The Balaban J connectivity index is 1.81. The molecule has 2 unspecified atom stereocenters. The van der Waals surface area contributed by atoms with Gasteiger partial charge >= 0.3 is 5.97 Å². The first-order chi connectivity index (χ1) is 17.8. The van der Waals surface area contributed by atoms with Gasteiger partial charge in [-0.2, -0.15) is 0 Å². The summed E-state index contributed by atoms with van der Waals surface area (Å²) >= 11 is 5.73. The number of ether oxygens (including phenoxy) is 2. The lowest BCUT2D eigenvalue weighted by molar-refractivity contribution is -0.384. The topological polar surface area (TPSA) is 112 Å². The number of pyridine rings is 1. The van der Waals surface area contributed by atoms with Crippen molar-refractivity contribution >= 4 is 29.0 Å². The van der Waals surface area contributed by atoms with E-state index >= 15 is 0 Å². The first-order valence-corrected chi connectivity index (χ1v) is 12.2. The van der Waals surface area contributed by atoms with Gasteiger partial charge in [0.25, 0.3) is 5.69 Å². The van der Waals surface area contributed by atoms with Gasteiger partial charge in [0.05, 0.1) is 42.6 Å². The molecule has 0 saturated carbocycles. The van der Waals surface area contributed by atoms with Crippen LogP contribution >= 0.6 is 12.2 Å². The fourth-order valence-electron chi connectivity index (χ4n) is 4.91. The number of aryl methyl sites for hydroxylation is 1. The summed E-state index contributed by atoms with van der Waals surface area (Å²) in [4.78, 5) is 29.5. The summed E-state index contributed by atoms with van der Waals surface area (Å²) in [7, 11) is 2.92. The molecule has 2 atom stereocenters. The van der Waals surface area contributed by atoms with Crippen molar-refractivity contribution in [2.45, 2.75) is 38.8 Å². The number of nitrogens with one attached hydrogen (secondary N) is 1. The third kappa shape index (κ3) is 5.12. The number of hydrogen-bond acceptors (Lipinski definition) is 7. The van der Waals surface area contributed by atoms with Gasteiger partial charge < -0.3 is 24.3 Å². The van der Waals surface area contributed by atoms with Crippen LogP contribution in [-0.4, -0.2) is 51.2 Å². The molecule has 10 nitrogen and oxygen atoms in total. The summed E-state index contributed by atoms with van der Waals surface area (Å²) < 4.78 is 12.3. The highest BCUT2D eigenvalue weighted by Gasteiger charge is 2.41. The Morgan fingerprint density at radius 1 is 1.22 bits per heavy atom. The van der Waals surface area contributed by atoms with E-state index in [2.05, 4.69) is 21.3 Å². The second kappa shape index (κ2) is 11.0. The predicted molar refractivity (Wildman–Crippen MR) is 142 cm³/mol. The van der Waals surface area contributed by atoms with Gasteiger partial charge in [0.15, 0.2) is 5.11 Å². The molecule has 1 N–H and O–H groups in total. The van der Waals surface area contributed by atoms with Crippen LogP contribution in [0.25, 0.3) is 5.69 Å². The highest BCUT2D eigenvalue weighted by molar-refractivity contribution is 7.80. The van der Waals surface area contributed by atoms with Crippen molar-refractivity contribution in [1.82, 2.24) is 19.8 Å². The second-order valence-electron chi connectivity index (χ2n) is 8.77. The van der Waals surface area contributed by atoms with E-state index in [1.165, 1.54) is 19.2 Å². The first-order valence-electron chi connectivity index (χ1n) is 11.8. The Morgan fingerprint density at radius 2 is 2.00 bits per heavy atom. The van der Waals surface area contributed by atoms with E-state index < -0.39 is 4.92 Å². The molecule has 1 saturated heterocycles. The normalized spacial score (nSPS) is 17.0. The number of non-ortho nitro benzene ring substituents is 1. The minimum absolute atomic E-state index is 0.0237. The van der Waals surface area contributed by atoms with Crippen molar-refractivity contribution in [2.24, 2.45) is 0 Å². The average molecular weight is 524 g/mol. The molecule has 2 aromatic heterocycles. The van der Waals surface area contributed by atoms with Crippen molar-refractivity contribution < 1.29 is 19.2 Å². The fourth-order valence-corrected chi connectivity index (χ4v) is 5.24. The van der Waals surface area contributed by atoms with E-state index in [4.69, 9.17) is 21.7 Å². The van der Waals surface area contributed by atoms with Crippen molar-refractivity contribution in [2.75, 3.05) is 20.8 Å². The molecule has 0 bridgehead atoms. The Hall–Kier alpha value is -3.99. The molecule has 0 aliphatic carbocycles. The molecule has 1 fully saturated rings. The van der Waals surface area contributed by atoms with Crippen molar-refractivity contribution in [3.05, 3.63) is 81.4 Å². The van der Waals surface area contributed by atoms with E-state index in [9.17, 15) is 14.9 Å². The maximum absolute atomic E-state index is 11.7. The fraction of sp³-hybridized carbons (Fsp3) is 0.346. The zero-order valence-electron chi connectivity index (χ0n) is 21.1. The van der Waals surface area contributed by atoms with Crippen LogP contribution in [0.15, 0.2) is 48.7 Å². The van der Waals surface area contributed by atoms with E-state index in [-0.39, 0.29) is 30.2 Å². The summed E-state index contributed by atoms with van der Waals surface area (Å²) in [6.45, 7) is 4.47. The highest BCUT2D eigenvalue weighted by atomic mass is 32.1. The summed E-state index contributed by atoms with van der Waals surface area (Å²) in [5, 5.41) is 15.5. The number of benzene rings is 1. The van der Waals surface area contributed by atoms with Gasteiger partial charge in [-0.3, -0.25) is 19.9 Å². The molecule has 0 spiro atoms. The van der Waals surface area contributed by atoms with Crippen LogP contribution < -0.4 is 10.1 Å². The minimum Gasteiger partial charge on any atom is -0.495 e. The smallest absolute Gasteiger partial charge is 0.305 e. The number of rotatable bonds is 9. The van der Waals surface area contributed by atoms with Gasteiger partial charge in [-0.1, -0.05) is 6.07 Å². The van der Waals surface area contributed by atoms with E-state index in [1.807, 2.05) is 36.6 Å².